The Morgan fingerprint density at radius 1 is 1.17 bits per heavy atom. The van der Waals surface area contributed by atoms with E-state index in [1.807, 2.05) is 30.5 Å². The Bertz CT molecular complexity index is 477. The maximum absolute atomic E-state index is 5.61. The van der Waals surface area contributed by atoms with Gasteiger partial charge in [-0.2, -0.15) is 0 Å². The Kier molecular flexibility index (Phi) is 4.36. The molecule has 0 aliphatic rings. The summed E-state index contributed by atoms with van der Waals surface area (Å²) in [5, 5.41) is 3.32. The molecule has 0 amide bonds. The zero-order valence-corrected chi connectivity index (χ0v) is 10.8. The number of methoxy groups -OCH3 is 1. The van der Waals surface area contributed by atoms with E-state index in [1.54, 1.807) is 7.11 Å². The monoisotopic (exact) mass is 246 g/mol. The Hall–Kier alpha value is -1.81. The number of rotatable bonds is 6. The number of ether oxygens (including phenoxy) is 1. The summed E-state index contributed by atoms with van der Waals surface area (Å²) in [5.74, 6) is 2.63. The van der Waals surface area contributed by atoms with Crippen LogP contribution in [0.15, 0.2) is 34.9 Å². The van der Waals surface area contributed by atoms with Crippen molar-refractivity contribution in [1.29, 1.82) is 0 Å². The highest BCUT2D eigenvalue weighted by atomic mass is 16.5. The van der Waals surface area contributed by atoms with Gasteiger partial charge in [-0.3, -0.25) is 0 Å². The molecule has 0 saturated heterocycles. The van der Waals surface area contributed by atoms with E-state index < -0.39 is 0 Å². The van der Waals surface area contributed by atoms with Crippen molar-refractivity contribution >= 4 is 0 Å². The fraction of sp³-hybridized carbons (Fsp3) is 0.357. The highest BCUT2D eigenvalue weighted by Gasteiger charge is 2.00. The van der Waals surface area contributed by atoms with Gasteiger partial charge in [0.1, 0.15) is 11.5 Å². The molecule has 0 saturated carbocycles. The largest absolute Gasteiger partial charge is 0.481 e. The standard InChI is InChI=1S/C14H18N2O2/c1-3-12-5-6-13(18-12)10-15-8-11-4-7-14(17-2)16-9-11/h4-7,9,15H,3,8,10H2,1-2H3. The normalized spacial score (nSPS) is 10.6. The molecule has 0 aromatic carbocycles. The van der Waals surface area contributed by atoms with Crippen LogP contribution in [0.4, 0.5) is 0 Å². The maximum Gasteiger partial charge on any atom is 0.212 e. The van der Waals surface area contributed by atoms with Crippen LogP contribution in [-0.2, 0) is 19.5 Å². The highest BCUT2D eigenvalue weighted by molar-refractivity contribution is 5.17. The average Bonchev–Trinajstić information content (AvgIpc) is 2.87. The predicted octanol–water partition coefficient (Wildman–Crippen LogP) is 2.54. The lowest BCUT2D eigenvalue weighted by atomic mass is 10.3. The van der Waals surface area contributed by atoms with E-state index in [-0.39, 0.29) is 0 Å². The number of nitrogens with one attached hydrogen (secondary N) is 1. The van der Waals surface area contributed by atoms with Crippen molar-refractivity contribution in [3.63, 3.8) is 0 Å². The molecule has 4 nitrogen and oxygen atoms in total. The molecule has 0 spiro atoms. The van der Waals surface area contributed by atoms with Gasteiger partial charge in [0.15, 0.2) is 0 Å². The van der Waals surface area contributed by atoms with E-state index in [9.17, 15) is 0 Å². The Balaban J connectivity index is 1.80. The van der Waals surface area contributed by atoms with Crippen molar-refractivity contribution < 1.29 is 9.15 Å². The summed E-state index contributed by atoms with van der Waals surface area (Å²) in [7, 11) is 1.61. The van der Waals surface area contributed by atoms with Crippen molar-refractivity contribution in [2.24, 2.45) is 0 Å². The molecule has 2 aromatic heterocycles. The highest BCUT2D eigenvalue weighted by Crippen LogP contribution is 2.09. The first-order valence-corrected chi connectivity index (χ1v) is 6.09. The molecule has 0 fully saturated rings. The lowest BCUT2D eigenvalue weighted by Crippen LogP contribution is -2.12. The molecule has 0 radical (unpaired) electrons. The quantitative estimate of drug-likeness (QED) is 0.851. The van der Waals surface area contributed by atoms with E-state index in [4.69, 9.17) is 9.15 Å². The number of aryl methyl sites for hydroxylation is 1. The van der Waals surface area contributed by atoms with Crippen LogP contribution < -0.4 is 10.1 Å². The molecule has 2 heterocycles. The third-order valence-electron chi connectivity index (χ3n) is 2.70. The van der Waals surface area contributed by atoms with Crippen LogP contribution in [0.2, 0.25) is 0 Å². The lowest BCUT2D eigenvalue weighted by Gasteiger charge is -2.04. The van der Waals surface area contributed by atoms with Gasteiger partial charge < -0.3 is 14.5 Å². The summed E-state index contributed by atoms with van der Waals surface area (Å²) in [5.41, 5.74) is 1.12. The molecule has 18 heavy (non-hydrogen) atoms. The second kappa shape index (κ2) is 6.21. The SMILES string of the molecule is CCc1ccc(CNCc2ccc(OC)nc2)o1. The van der Waals surface area contributed by atoms with E-state index in [0.717, 1.165) is 36.6 Å². The Morgan fingerprint density at radius 2 is 2.00 bits per heavy atom. The lowest BCUT2D eigenvalue weighted by molar-refractivity contribution is 0.397. The second-order valence-corrected chi connectivity index (χ2v) is 4.03. The summed E-state index contributed by atoms with van der Waals surface area (Å²) in [6.07, 6.45) is 2.74. The van der Waals surface area contributed by atoms with Gasteiger partial charge in [-0.1, -0.05) is 13.0 Å². The second-order valence-electron chi connectivity index (χ2n) is 4.03. The van der Waals surface area contributed by atoms with Gasteiger partial charge in [0.25, 0.3) is 0 Å². The smallest absolute Gasteiger partial charge is 0.212 e. The third-order valence-corrected chi connectivity index (χ3v) is 2.70. The number of pyridine rings is 1. The van der Waals surface area contributed by atoms with Crippen LogP contribution in [0.1, 0.15) is 24.0 Å². The first kappa shape index (κ1) is 12.6. The first-order valence-electron chi connectivity index (χ1n) is 6.09. The van der Waals surface area contributed by atoms with Crippen LogP contribution in [0.25, 0.3) is 0 Å². The van der Waals surface area contributed by atoms with Crippen LogP contribution >= 0.6 is 0 Å². The molecule has 0 atom stereocenters. The topological polar surface area (TPSA) is 47.3 Å². The van der Waals surface area contributed by atoms with Crippen LogP contribution in [0.5, 0.6) is 5.88 Å². The van der Waals surface area contributed by atoms with Gasteiger partial charge in [0.05, 0.1) is 13.7 Å². The average molecular weight is 246 g/mol. The van der Waals surface area contributed by atoms with Gasteiger partial charge in [-0.15, -0.1) is 0 Å². The maximum atomic E-state index is 5.61. The van der Waals surface area contributed by atoms with Gasteiger partial charge in [0, 0.05) is 25.2 Å². The molecule has 1 N–H and O–H groups in total. The number of nitrogens with zero attached hydrogens (tertiary/aromatic N) is 1. The summed E-state index contributed by atoms with van der Waals surface area (Å²) in [6, 6.07) is 7.89. The van der Waals surface area contributed by atoms with Crippen molar-refractivity contribution in [2.75, 3.05) is 7.11 Å². The summed E-state index contributed by atoms with van der Waals surface area (Å²) in [4.78, 5) is 4.15. The molecular formula is C14H18N2O2. The number of hydrogen-bond donors (Lipinski definition) is 1. The number of furan rings is 1. The van der Waals surface area contributed by atoms with E-state index in [2.05, 4.69) is 17.2 Å². The molecule has 0 bridgehead atoms. The van der Waals surface area contributed by atoms with Crippen molar-refractivity contribution in [3.8, 4) is 5.88 Å². The van der Waals surface area contributed by atoms with Crippen molar-refractivity contribution in [3.05, 3.63) is 47.5 Å². The van der Waals surface area contributed by atoms with Crippen LogP contribution in [0, 0.1) is 0 Å². The van der Waals surface area contributed by atoms with Gasteiger partial charge in [0.2, 0.25) is 5.88 Å². The van der Waals surface area contributed by atoms with E-state index >= 15 is 0 Å². The van der Waals surface area contributed by atoms with Crippen LogP contribution in [-0.4, -0.2) is 12.1 Å². The first-order chi connectivity index (χ1) is 8.81. The van der Waals surface area contributed by atoms with Crippen molar-refractivity contribution in [2.45, 2.75) is 26.4 Å². The Labute approximate surface area is 107 Å². The molecule has 96 valence electrons. The number of aromatic nitrogens is 1. The molecular weight excluding hydrogens is 228 g/mol. The predicted molar refractivity (Wildman–Crippen MR) is 69.4 cm³/mol. The number of hydrogen-bond acceptors (Lipinski definition) is 4. The molecule has 2 aromatic rings. The van der Waals surface area contributed by atoms with E-state index in [0.29, 0.717) is 5.88 Å². The zero-order valence-electron chi connectivity index (χ0n) is 10.8. The van der Waals surface area contributed by atoms with Crippen LogP contribution in [0.3, 0.4) is 0 Å². The van der Waals surface area contributed by atoms with E-state index in [1.165, 1.54) is 0 Å². The minimum atomic E-state index is 0.636. The van der Waals surface area contributed by atoms with Crippen molar-refractivity contribution in [1.82, 2.24) is 10.3 Å². The summed E-state index contributed by atoms with van der Waals surface area (Å²) >= 11 is 0. The molecule has 0 unspecified atom stereocenters. The molecule has 0 aliphatic carbocycles. The minimum Gasteiger partial charge on any atom is -0.481 e. The zero-order chi connectivity index (χ0) is 12.8. The molecule has 0 aliphatic heterocycles. The van der Waals surface area contributed by atoms with Gasteiger partial charge in [-0.05, 0) is 17.7 Å². The third kappa shape index (κ3) is 3.34. The fourth-order valence-corrected chi connectivity index (χ4v) is 1.67. The molecule has 4 heteroatoms. The minimum absolute atomic E-state index is 0.636. The molecule has 2 rings (SSSR count). The van der Waals surface area contributed by atoms with Gasteiger partial charge in [-0.25, -0.2) is 4.98 Å². The summed E-state index contributed by atoms with van der Waals surface area (Å²) in [6.45, 7) is 3.57. The Morgan fingerprint density at radius 3 is 2.61 bits per heavy atom. The summed E-state index contributed by atoms with van der Waals surface area (Å²) < 4.78 is 10.6. The van der Waals surface area contributed by atoms with Gasteiger partial charge >= 0.3 is 0 Å². The fourth-order valence-electron chi connectivity index (χ4n) is 1.67.